The lowest BCUT2D eigenvalue weighted by Crippen LogP contribution is -2.19. The average molecular weight is 278 g/mol. The molecular weight excluding hydrogens is 258 g/mol. The predicted octanol–water partition coefficient (Wildman–Crippen LogP) is 3.89. The van der Waals surface area contributed by atoms with Gasteiger partial charge in [0, 0.05) is 23.2 Å². The minimum atomic E-state index is 0.302. The monoisotopic (exact) mass is 277 g/mol. The highest BCUT2D eigenvalue weighted by atomic mass is 35.5. The van der Waals surface area contributed by atoms with Crippen LogP contribution in [0, 0.1) is 0 Å². The maximum atomic E-state index is 6.06. The molecule has 4 heteroatoms. The van der Waals surface area contributed by atoms with Gasteiger partial charge in [-0.3, -0.25) is 0 Å². The van der Waals surface area contributed by atoms with Crippen molar-refractivity contribution in [2.45, 2.75) is 32.2 Å². The van der Waals surface area contributed by atoms with Crippen molar-refractivity contribution in [3.63, 3.8) is 0 Å². The van der Waals surface area contributed by atoms with Crippen molar-refractivity contribution < 1.29 is 0 Å². The van der Waals surface area contributed by atoms with Crippen molar-refractivity contribution >= 4 is 11.6 Å². The number of aromatic nitrogens is 2. The largest absolute Gasteiger partial charge is 0.328 e. The average Bonchev–Trinajstić information content (AvgIpc) is 2.89. The quantitative estimate of drug-likeness (QED) is 0.870. The van der Waals surface area contributed by atoms with Crippen molar-refractivity contribution in [3.8, 4) is 11.3 Å². The van der Waals surface area contributed by atoms with E-state index in [0.29, 0.717) is 12.6 Å². The molecule has 2 N–H and O–H groups in total. The number of benzene rings is 1. The first-order valence-electron chi connectivity index (χ1n) is 6.74. The Kier molecular flexibility index (Phi) is 5.00. The van der Waals surface area contributed by atoms with Crippen molar-refractivity contribution in [2.24, 2.45) is 5.73 Å². The molecule has 2 rings (SSSR count). The van der Waals surface area contributed by atoms with Crippen molar-refractivity contribution in [3.05, 3.63) is 41.8 Å². The molecule has 0 spiro atoms. The van der Waals surface area contributed by atoms with Gasteiger partial charge in [0.15, 0.2) is 0 Å². The number of rotatable bonds is 6. The van der Waals surface area contributed by atoms with Crippen molar-refractivity contribution in [1.29, 1.82) is 0 Å². The number of nitrogens with zero attached hydrogens (tertiary/aromatic N) is 2. The summed E-state index contributed by atoms with van der Waals surface area (Å²) in [5.41, 5.74) is 8.07. The summed E-state index contributed by atoms with van der Waals surface area (Å²) in [4.78, 5) is 4.27. The molecule has 0 fully saturated rings. The van der Waals surface area contributed by atoms with E-state index in [2.05, 4.69) is 16.5 Å². The van der Waals surface area contributed by atoms with Gasteiger partial charge >= 0.3 is 0 Å². The molecule has 1 atom stereocenters. The normalized spacial score (nSPS) is 12.6. The second-order valence-electron chi connectivity index (χ2n) is 4.73. The van der Waals surface area contributed by atoms with Crippen LogP contribution in [-0.2, 0) is 0 Å². The molecule has 1 heterocycles. The van der Waals surface area contributed by atoms with Gasteiger partial charge in [0.25, 0.3) is 0 Å². The maximum absolute atomic E-state index is 6.06. The number of imidazole rings is 1. The lowest BCUT2D eigenvalue weighted by molar-refractivity contribution is 0.461. The SMILES string of the molecule is CCCCC(CN)n1cncc1-c1cccc(Cl)c1. The standard InChI is InChI=1S/C15H20ClN3/c1-2-3-7-14(9-17)19-11-18-10-15(19)12-5-4-6-13(16)8-12/h4-6,8,10-11,14H,2-3,7,9,17H2,1H3. The number of halogens is 1. The molecule has 2 aromatic rings. The molecule has 0 saturated carbocycles. The third-order valence-corrected chi connectivity index (χ3v) is 3.58. The van der Waals surface area contributed by atoms with Gasteiger partial charge in [0.2, 0.25) is 0 Å². The fraction of sp³-hybridized carbons (Fsp3) is 0.400. The molecule has 3 nitrogen and oxygen atoms in total. The van der Waals surface area contributed by atoms with E-state index in [1.165, 1.54) is 12.8 Å². The molecule has 0 saturated heterocycles. The molecule has 1 aromatic heterocycles. The van der Waals surface area contributed by atoms with Gasteiger partial charge in [-0.25, -0.2) is 4.98 Å². The van der Waals surface area contributed by atoms with Crippen LogP contribution < -0.4 is 5.73 Å². The number of unbranched alkanes of at least 4 members (excludes halogenated alkanes) is 1. The lowest BCUT2D eigenvalue weighted by atomic mass is 10.1. The predicted molar refractivity (Wildman–Crippen MR) is 80.3 cm³/mol. The van der Waals surface area contributed by atoms with Crippen LogP contribution in [0.5, 0.6) is 0 Å². The van der Waals surface area contributed by atoms with Crippen LogP contribution in [0.4, 0.5) is 0 Å². The smallest absolute Gasteiger partial charge is 0.0954 e. The summed E-state index contributed by atoms with van der Waals surface area (Å²) in [6.45, 7) is 2.82. The van der Waals surface area contributed by atoms with Crippen molar-refractivity contribution in [2.75, 3.05) is 6.54 Å². The van der Waals surface area contributed by atoms with E-state index in [1.807, 2.05) is 36.8 Å². The van der Waals surface area contributed by atoms with Gasteiger partial charge in [-0.1, -0.05) is 43.5 Å². The summed E-state index contributed by atoms with van der Waals surface area (Å²) in [6, 6.07) is 8.15. The van der Waals surface area contributed by atoms with E-state index < -0.39 is 0 Å². The summed E-state index contributed by atoms with van der Waals surface area (Å²) in [6.07, 6.45) is 7.17. The van der Waals surface area contributed by atoms with E-state index in [-0.39, 0.29) is 0 Å². The number of hydrogen-bond acceptors (Lipinski definition) is 2. The third kappa shape index (κ3) is 3.37. The zero-order chi connectivity index (χ0) is 13.7. The Morgan fingerprint density at radius 1 is 1.42 bits per heavy atom. The van der Waals surface area contributed by atoms with Gasteiger partial charge in [-0.2, -0.15) is 0 Å². The summed E-state index contributed by atoms with van der Waals surface area (Å²) in [7, 11) is 0. The van der Waals surface area contributed by atoms with Crippen LogP contribution in [0.3, 0.4) is 0 Å². The number of nitrogens with two attached hydrogens (primary N) is 1. The zero-order valence-corrected chi connectivity index (χ0v) is 12.0. The van der Waals surface area contributed by atoms with Crippen LogP contribution in [0.2, 0.25) is 5.02 Å². The lowest BCUT2D eigenvalue weighted by Gasteiger charge is -2.19. The third-order valence-electron chi connectivity index (χ3n) is 3.34. The maximum Gasteiger partial charge on any atom is 0.0954 e. The molecule has 0 radical (unpaired) electrons. The molecule has 0 bridgehead atoms. The summed E-state index contributed by atoms with van der Waals surface area (Å²) in [5.74, 6) is 0. The highest BCUT2D eigenvalue weighted by Gasteiger charge is 2.13. The van der Waals surface area contributed by atoms with Gasteiger partial charge in [-0.05, 0) is 18.6 Å². The van der Waals surface area contributed by atoms with E-state index >= 15 is 0 Å². The fourth-order valence-electron chi connectivity index (χ4n) is 2.28. The molecular formula is C15H20ClN3. The van der Waals surface area contributed by atoms with E-state index in [0.717, 1.165) is 22.7 Å². The van der Waals surface area contributed by atoms with Crippen LogP contribution in [-0.4, -0.2) is 16.1 Å². The summed E-state index contributed by atoms with van der Waals surface area (Å²) in [5, 5.41) is 0.739. The molecule has 1 aromatic carbocycles. The molecule has 0 aliphatic rings. The Bertz CT molecular complexity index is 522. The zero-order valence-electron chi connectivity index (χ0n) is 11.2. The highest BCUT2D eigenvalue weighted by Crippen LogP contribution is 2.26. The van der Waals surface area contributed by atoms with Crippen LogP contribution >= 0.6 is 11.6 Å². The fourth-order valence-corrected chi connectivity index (χ4v) is 2.47. The van der Waals surface area contributed by atoms with E-state index in [1.54, 1.807) is 0 Å². The minimum absolute atomic E-state index is 0.302. The van der Waals surface area contributed by atoms with E-state index in [4.69, 9.17) is 17.3 Å². The Morgan fingerprint density at radius 3 is 2.95 bits per heavy atom. The van der Waals surface area contributed by atoms with Gasteiger partial charge < -0.3 is 10.3 Å². The van der Waals surface area contributed by atoms with Crippen molar-refractivity contribution in [1.82, 2.24) is 9.55 Å². The molecule has 19 heavy (non-hydrogen) atoms. The Labute approximate surface area is 119 Å². The van der Waals surface area contributed by atoms with Crippen LogP contribution in [0.25, 0.3) is 11.3 Å². The molecule has 102 valence electrons. The summed E-state index contributed by atoms with van der Waals surface area (Å²) >= 11 is 6.06. The van der Waals surface area contributed by atoms with Gasteiger partial charge in [0.1, 0.15) is 0 Å². The first kappa shape index (κ1) is 14.1. The molecule has 1 unspecified atom stereocenters. The van der Waals surface area contributed by atoms with E-state index in [9.17, 15) is 0 Å². The number of hydrogen-bond donors (Lipinski definition) is 1. The Balaban J connectivity index is 2.30. The second kappa shape index (κ2) is 6.73. The minimum Gasteiger partial charge on any atom is -0.328 e. The Morgan fingerprint density at radius 2 is 2.26 bits per heavy atom. The summed E-state index contributed by atoms with van der Waals surface area (Å²) < 4.78 is 2.17. The highest BCUT2D eigenvalue weighted by molar-refractivity contribution is 6.30. The van der Waals surface area contributed by atoms with Crippen LogP contribution in [0.1, 0.15) is 32.2 Å². The Hall–Kier alpha value is -1.32. The van der Waals surface area contributed by atoms with Gasteiger partial charge in [0.05, 0.1) is 18.2 Å². The topological polar surface area (TPSA) is 43.8 Å². The second-order valence-corrected chi connectivity index (χ2v) is 5.16. The first-order valence-corrected chi connectivity index (χ1v) is 7.12. The van der Waals surface area contributed by atoms with Crippen LogP contribution in [0.15, 0.2) is 36.8 Å². The molecule has 0 aliphatic heterocycles. The molecule has 0 amide bonds. The molecule has 0 aliphatic carbocycles. The van der Waals surface area contributed by atoms with Gasteiger partial charge in [-0.15, -0.1) is 0 Å². The first-order chi connectivity index (χ1) is 9.26.